The quantitative estimate of drug-likeness (QED) is 0.836. The predicted molar refractivity (Wildman–Crippen MR) is 84.0 cm³/mol. The lowest BCUT2D eigenvalue weighted by Crippen LogP contribution is -2.38. The minimum atomic E-state index is 0.655. The SMILES string of the molecule is COc1cccc(CN(CC2CCCN2)C2CC2)c1OC. The summed E-state index contributed by atoms with van der Waals surface area (Å²) in [6.07, 6.45) is 5.28. The van der Waals surface area contributed by atoms with Gasteiger partial charge < -0.3 is 14.8 Å². The van der Waals surface area contributed by atoms with E-state index in [9.17, 15) is 0 Å². The highest BCUT2D eigenvalue weighted by molar-refractivity contribution is 5.46. The third-order valence-electron chi connectivity index (χ3n) is 4.54. The number of para-hydroxylation sites is 1. The van der Waals surface area contributed by atoms with Crippen LogP contribution in [-0.2, 0) is 6.54 Å². The molecule has 1 unspecified atom stereocenters. The van der Waals surface area contributed by atoms with Crippen LogP contribution < -0.4 is 14.8 Å². The van der Waals surface area contributed by atoms with E-state index in [1.807, 2.05) is 6.07 Å². The van der Waals surface area contributed by atoms with Gasteiger partial charge in [0.1, 0.15) is 0 Å². The first-order chi connectivity index (χ1) is 10.3. The van der Waals surface area contributed by atoms with Crippen molar-refractivity contribution in [1.29, 1.82) is 0 Å². The van der Waals surface area contributed by atoms with Crippen molar-refractivity contribution >= 4 is 0 Å². The fraction of sp³-hybridized carbons (Fsp3) is 0.647. The van der Waals surface area contributed by atoms with Crippen molar-refractivity contribution in [2.75, 3.05) is 27.3 Å². The molecule has 1 aromatic rings. The second-order valence-corrected chi connectivity index (χ2v) is 6.11. The van der Waals surface area contributed by atoms with Crippen molar-refractivity contribution in [3.8, 4) is 11.5 Å². The molecule has 1 aromatic carbocycles. The van der Waals surface area contributed by atoms with Crippen LogP contribution in [0.4, 0.5) is 0 Å². The topological polar surface area (TPSA) is 33.7 Å². The van der Waals surface area contributed by atoms with Crippen molar-refractivity contribution in [3.63, 3.8) is 0 Å². The minimum absolute atomic E-state index is 0.655. The third-order valence-corrected chi connectivity index (χ3v) is 4.54. The van der Waals surface area contributed by atoms with E-state index < -0.39 is 0 Å². The molecular weight excluding hydrogens is 264 g/mol. The van der Waals surface area contributed by atoms with Crippen molar-refractivity contribution in [3.05, 3.63) is 23.8 Å². The molecule has 1 N–H and O–H groups in total. The number of hydrogen-bond donors (Lipinski definition) is 1. The molecule has 0 bridgehead atoms. The third kappa shape index (κ3) is 3.50. The molecule has 4 nitrogen and oxygen atoms in total. The van der Waals surface area contributed by atoms with Crippen LogP contribution in [0.1, 0.15) is 31.2 Å². The van der Waals surface area contributed by atoms with Gasteiger partial charge in [0.2, 0.25) is 0 Å². The molecule has 1 aliphatic carbocycles. The van der Waals surface area contributed by atoms with Gasteiger partial charge in [0.25, 0.3) is 0 Å². The molecule has 116 valence electrons. The Balaban J connectivity index is 1.73. The van der Waals surface area contributed by atoms with Gasteiger partial charge in [0.15, 0.2) is 11.5 Å². The number of benzene rings is 1. The highest BCUT2D eigenvalue weighted by Crippen LogP contribution is 2.35. The molecule has 0 amide bonds. The van der Waals surface area contributed by atoms with E-state index in [4.69, 9.17) is 9.47 Å². The molecule has 0 spiro atoms. The lowest BCUT2D eigenvalue weighted by molar-refractivity contribution is 0.227. The Hall–Kier alpha value is -1.26. The van der Waals surface area contributed by atoms with Crippen molar-refractivity contribution in [2.24, 2.45) is 0 Å². The number of methoxy groups -OCH3 is 2. The van der Waals surface area contributed by atoms with Crippen LogP contribution in [0.5, 0.6) is 11.5 Å². The standard InChI is InChI=1S/C17H26N2O2/c1-20-16-7-3-5-13(17(16)21-2)11-19(15-8-9-15)12-14-6-4-10-18-14/h3,5,7,14-15,18H,4,6,8-12H2,1-2H3. The average Bonchev–Trinajstić information content (AvgIpc) is 3.24. The molecule has 0 radical (unpaired) electrons. The van der Waals surface area contributed by atoms with Gasteiger partial charge in [-0.25, -0.2) is 0 Å². The van der Waals surface area contributed by atoms with Gasteiger partial charge in [0, 0.05) is 30.7 Å². The fourth-order valence-electron chi connectivity index (χ4n) is 3.28. The maximum absolute atomic E-state index is 5.57. The van der Waals surface area contributed by atoms with Gasteiger partial charge in [-0.15, -0.1) is 0 Å². The van der Waals surface area contributed by atoms with Crippen LogP contribution >= 0.6 is 0 Å². The van der Waals surface area contributed by atoms with Crippen molar-refractivity contribution in [2.45, 2.75) is 44.3 Å². The predicted octanol–water partition coefficient (Wildman–Crippen LogP) is 2.42. The van der Waals surface area contributed by atoms with E-state index in [0.717, 1.165) is 30.6 Å². The van der Waals surface area contributed by atoms with Crippen LogP contribution in [0.25, 0.3) is 0 Å². The maximum Gasteiger partial charge on any atom is 0.165 e. The van der Waals surface area contributed by atoms with Crippen molar-refractivity contribution < 1.29 is 9.47 Å². The summed E-state index contributed by atoms with van der Waals surface area (Å²) in [6, 6.07) is 7.57. The zero-order valence-electron chi connectivity index (χ0n) is 13.1. The van der Waals surface area contributed by atoms with E-state index in [1.165, 1.54) is 37.8 Å². The van der Waals surface area contributed by atoms with E-state index in [0.29, 0.717) is 6.04 Å². The zero-order valence-corrected chi connectivity index (χ0v) is 13.1. The van der Waals surface area contributed by atoms with Crippen LogP contribution in [0.15, 0.2) is 18.2 Å². The van der Waals surface area contributed by atoms with Crippen LogP contribution in [0, 0.1) is 0 Å². The Kier molecular flexibility index (Phi) is 4.66. The van der Waals surface area contributed by atoms with Crippen LogP contribution in [0.2, 0.25) is 0 Å². The highest BCUT2D eigenvalue weighted by atomic mass is 16.5. The number of rotatable bonds is 7. The van der Waals surface area contributed by atoms with E-state index in [-0.39, 0.29) is 0 Å². The molecule has 1 saturated heterocycles. The Morgan fingerprint density at radius 2 is 2.05 bits per heavy atom. The smallest absolute Gasteiger partial charge is 0.165 e. The summed E-state index contributed by atoms with van der Waals surface area (Å²) < 4.78 is 11.0. The molecule has 21 heavy (non-hydrogen) atoms. The first-order valence-electron chi connectivity index (χ1n) is 7.99. The molecule has 1 atom stereocenters. The summed E-state index contributed by atoms with van der Waals surface area (Å²) in [6.45, 7) is 3.26. The Bertz CT molecular complexity index is 468. The first kappa shape index (κ1) is 14.7. The normalized spacial score (nSPS) is 21.8. The highest BCUT2D eigenvalue weighted by Gasteiger charge is 2.32. The van der Waals surface area contributed by atoms with Gasteiger partial charge in [-0.1, -0.05) is 12.1 Å². The van der Waals surface area contributed by atoms with Gasteiger partial charge in [-0.3, -0.25) is 4.90 Å². The van der Waals surface area contributed by atoms with Gasteiger partial charge >= 0.3 is 0 Å². The summed E-state index contributed by atoms with van der Waals surface area (Å²) in [5.41, 5.74) is 1.22. The monoisotopic (exact) mass is 290 g/mol. The van der Waals surface area contributed by atoms with Gasteiger partial charge in [-0.05, 0) is 38.3 Å². The Morgan fingerprint density at radius 3 is 2.67 bits per heavy atom. The lowest BCUT2D eigenvalue weighted by atomic mass is 10.1. The molecule has 1 heterocycles. The zero-order chi connectivity index (χ0) is 14.7. The summed E-state index contributed by atoms with van der Waals surface area (Å²) in [7, 11) is 3.42. The summed E-state index contributed by atoms with van der Waals surface area (Å²) in [5.74, 6) is 1.70. The van der Waals surface area contributed by atoms with Gasteiger partial charge in [0.05, 0.1) is 14.2 Å². The number of ether oxygens (including phenoxy) is 2. The molecular formula is C17H26N2O2. The number of nitrogens with one attached hydrogen (secondary N) is 1. The average molecular weight is 290 g/mol. The van der Waals surface area contributed by atoms with E-state index in [1.54, 1.807) is 14.2 Å². The molecule has 1 aliphatic heterocycles. The number of nitrogens with zero attached hydrogens (tertiary/aromatic N) is 1. The van der Waals surface area contributed by atoms with Gasteiger partial charge in [-0.2, -0.15) is 0 Å². The minimum Gasteiger partial charge on any atom is -0.493 e. The second-order valence-electron chi connectivity index (χ2n) is 6.11. The van der Waals surface area contributed by atoms with E-state index in [2.05, 4.69) is 22.3 Å². The molecule has 1 saturated carbocycles. The summed E-state index contributed by atoms with van der Waals surface area (Å²) >= 11 is 0. The summed E-state index contributed by atoms with van der Waals surface area (Å²) in [5, 5.41) is 3.61. The van der Waals surface area contributed by atoms with Crippen LogP contribution in [-0.4, -0.2) is 44.3 Å². The number of hydrogen-bond acceptors (Lipinski definition) is 4. The van der Waals surface area contributed by atoms with Crippen molar-refractivity contribution in [1.82, 2.24) is 10.2 Å². The molecule has 0 aromatic heterocycles. The fourth-order valence-corrected chi connectivity index (χ4v) is 3.28. The maximum atomic E-state index is 5.57. The first-order valence-corrected chi connectivity index (χ1v) is 7.99. The molecule has 2 fully saturated rings. The lowest BCUT2D eigenvalue weighted by Gasteiger charge is -2.26. The molecule has 2 aliphatic rings. The van der Waals surface area contributed by atoms with Crippen LogP contribution in [0.3, 0.4) is 0 Å². The molecule has 4 heteroatoms. The van der Waals surface area contributed by atoms with E-state index >= 15 is 0 Å². The largest absolute Gasteiger partial charge is 0.493 e. The Labute approximate surface area is 127 Å². The second kappa shape index (κ2) is 6.67. The Morgan fingerprint density at radius 1 is 1.19 bits per heavy atom. The summed E-state index contributed by atoms with van der Waals surface area (Å²) in [4.78, 5) is 2.61. The molecule has 3 rings (SSSR count).